The van der Waals surface area contributed by atoms with Crippen LogP contribution < -0.4 is 11.1 Å². The van der Waals surface area contributed by atoms with E-state index >= 15 is 4.39 Å². The molecular formula is C28H28F2N4O2S. The summed E-state index contributed by atoms with van der Waals surface area (Å²) in [5.41, 5.74) is 7.11. The Morgan fingerprint density at radius 3 is 2.57 bits per heavy atom. The molecule has 0 unspecified atom stereocenters. The number of halogens is 2. The van der Waals surface area contributed by atoms with E-state index in [0.29, 0.717) is 52.4 Å². The average molecular weight is 523 g/mol. The van der Waals surface area contributed by atoms with Crippen LogP contribution in [0.3, 0.4) is 0 Å². The number of amides is 1. The van der Waals surface area contributed by atoms with Gasteiger partial charge in [-0.25, -0.2) is 8.78 Å². The Labute approximate surface area is 218 Å². The summed E-state index contributed by atoms with van der Waals surface area (Å²) in [6.45, 7) is 1.35. The minimum atomic E-state index is -0.794. The Morgan fingerprint density at radius 1 is 1.16 bits per heavy atom. The van der Waals surface area contributed by atoms with Crippen molar-refractivity contribution in [2.24, 2.45) is 5.73 Å². The highest BCUT2D eigenvalue weighted by Crippen LogP contribution is 2.41. The van der Waals surface area contributed by atoms with Crippen molar-refractivity contribution in [3.63, 3.8) is 0 Å². The van der Waals surface area contributed by atoms with Crippen LogP contribution in [0.1, 0.15) is 47.3 Å². The minimum Gasteiger partial charge on any atom is -0.388 e. The first-order chi connectivity index (χ1) is 17.8. The number of benzene rings is 2. The molecule has 0 bridgehead atoms. The Balaban J connectivity index is 1.50. The number of aliphatic hydroxyl groups is 1. The van der Waals surface area contributed by atoms with Gasteiger partial charge in [0.1, 0.15) is 17.7 Å². The number of thiophene rings is 1. The van der Waals surface area contributed by atoms with Crippen molar-refractivity contribution in [1.29, 1.82) is 5.26 Å². The van der Waals surface area contributed by atoms with Crippen LogP contribution in [-0.2, 0) is 0 Å². The molecule has 0 spiro atoms. The highest BCUT2D eigenvalue weighted by Gasteiger charge is 2.34. The van der Waals surface area contributed by atoms with E-state index in [4.69, 9.17) is 11.0 Å². The SMILES string of the molecule is N#Cc1ccc(-c2cc(C(=O)N3CCC[C@@H](N)C3)sc2-c2ccc(NCC3(O)CCC3)c(F)c2)cc1F. The number of carbonyl (C=O) groups excluding carboxylic acids is 1. The molecule has 1 atom stereocenters. The standard InChI is InChI=1S/C28H28F2N4O2S/c29-22-11-17(4-5-19(22)14-31)21-13-25(27(35)34-10-1-3-20(32)15-34)37-26(21)18-6-7-24(23(30)12-18)33-16-28(36)8-2-9-28/h4-7,11-13,20,33,36H,1-3,8-10,15-16,32H2/t20-/m1/s1. The molecule has 1 amide bonds. The highest BCUT2D eigenvalue weighted by atomic mass is 32.1. The fourth-order valence-electron chi connectivity index (χ4n) is 4.87. The molecule has 2 heterocycles. The lowest BCUT2D eigenvalue weighted by molar-refractivity contribution is -0.0202. The van der Waals surface area contributed by atoms with Gasteiger partial charge in [0.05, 0.1) is 21.7 Å². The number of hydrogen-bond acceptors (Lipinski definition) is 6. The second kappa shape index (κ2) is 10.2. The first-order valence-electron chi connectivity index (χ1n) is 12.4. The molecule has 37 heavy (non-hydrogen) atoms. The third-order valence-corrected chi connectivity index (χ3v) is 8.38. The van der Waals surface area contributed by atoms with Crippen molar-refractivity contribution in [2.45, 2.75) is 43.7 Å². The van der Waals surface area contributed by atoms with E-state index in [0.717, 1.165) is 19.3 Å². The molecule has 9 heteroatoms. The van der Waals surface area contributed by atoms with Crippen LogP contribution >= 0.6 is 11.3 Å². The molecule has 1 aliphatic heterocycles. The second-order valence-electron chi connectivity index (χ2n) is 9.94. The van der Waals surface area contributed by atoms with E-state index in [1.807, 2.05) is 6.07 Å². The van der Waals surface area contributed by atoms with Gasteiger partial charge >= 0.3 is 0 Å². The molecule has 1 aromatic heterocycles. The largest absolute Gasteiger partial charge is 0.388 e. The monoisotopic (exact) mass is 522 g/mol. The molecule has 4 N–H and O–H groups in total. The molecule has 2 aliphatic rings. The fourth-order valence-corrected chi connectivity index (χ4v) is 6.01. The van der Waals surface area contributed by atoms with Gasteiger partial charge in [0.2, 0.25) is 0 Å². The van der Waals surface area contributed by atoms with Crippen molar-refractivity contribution in [3.8, 4) is 27.6 Å². The first-order valence-corrected chi connectivity index (χ1v) is 13.2. The summed E-state index contributed by atoms with van der Waals surface area (Å²) in [6, 6.07) is 12.5. The van der Waals surface area contributed by atoms with Gasteiger partial charge in [0.25, 0.3) is 5.91 Å². The maximum Gasteiger partial charge on any atom is 0.264 e. The summed E-state index contributed by atoms with van der Waals surface area (Å²) in [6.07, 6.45) is 4.04. The summed E-state index contributed by atoms with van der Waals surface area (Å²) < 4.78 is 29.6. The normalized spacial score (nSPS) is 18.7. The molecule has 3 aromatic rings. The number of nitrogens with zero attached hydrogens (tertiary/aromatic N) is 2. The Kier molecular flexibility index (Phi) is 6.99. The van der Waals surface area contributed by atoms with Gasteiger partial charge in [-0.1, -0.05) is 12.1 Å². The van der Waals surface area contributed by atoms with Crippen LogP contribution in [-0.4, -0.2) is 47.2 Å². The average Bonchev–Trinajstić information content (AvgIpc) is 3.32. The molecule has 2 aromatic carbocycles. The lowest BCUT2D eigenvalue weighted by Crippen LogP contribution is -2.45. The topological polar surface area (TPSA) is 102 Å². The predicted molar refractivity (Wildman–Crippen MR) is 140 cm³/mol. The van der Waals surface area contributed by atoms with Crippen molar-refractivity contribution in [1.82, 2.24) is 4.90 Å². The van der Waals surface area contributed by atoms with E-state index < -0.39 is 17.2 Å². The van der Waals surface area contributed by atoms with Crippen molar-refractivity contribution in [2.75, 3.05) is 25.0 Å². The zero-order chi connectivity index (χ0) is 26.2. The molecule has 2 fully saturated rings. The number of hydrogen-bond donors (Lipinski definition) is 3. The van der Waals surface area contributed by atoms with Gasteiger partial charge in [-0.15, -0.1) is 11.3 Å². The first kappa shape index (κ1) is 25.3. The number of likely N-dealkylation sites (tertiary alicyclic amines) is 1. The molecule has 1 aliphatic carbocycles. The van der Waals surface area contributed by atoms with Crippen molar-refractivity contribution < 1.29 is 18.7 Å². The summed E-state index contributed by atoms with van der Waals surface area (Å²) >= 11 is 1.22. The van der Waals surface area contributed by atoms with Crippen LogP contribution in [0.5, 0.6) is 0 Å². The van der Waals surface area contributed by atoms with Gasteiger partial charge in [-0.05, 0) is 73.6 Å². The number of carbonyl (C=O) groups is 1. The molecular weight excluding hydrogens is 494 g/mol. The van der Waals surface area contributed by atoms with Gasteiger partial charge < -0.3 is 21.1 Å². The Hall–Kier alpha value is -3.32. The second-order valence-corrected chi connectivity index (χ2v) is 11.0. The van der Waals surface area contributed by atoms with E-state index in [9.17, 15) is 14.3 Å². The third kappa shape index (κ3) is 5.23. The zero-order valence-electron chi connectivity index (χ0n) is 20.3. The maximum absolute atomic E-state index is 15.1. The van der Waals surface area contributed by atoms with E-state index in [1.54, 1.807) is 29.2 Å². The lowest BCUT2D eigenvalue weighted by atomic mass is 9.80. The summed E-state index contributed by atoms with van der Waals surface area (Å²) in [5.74, 6) is -1.30. The molecule has 0 radical (unpaired) electrons. The number of piperidine rings is 1. The zero-order valence-corrected chi connectivity index (χ0v) is 21.1. The van der Waals surface area contributed by atoms with Gasteiger partial charge in [0, 0.05) is 36.1 Å². The number of nitrogens with one attached hydrogen (secondary N) is 1. The Morgan fingerprint density at radius 2 is 1.92 bits per heavy atom. The molecule has 1 saturated heterocycles. The number of rotatable bonds is 6. The smallest absolute Gasteiger partial charge is 0.264 e. The third-order valence-electron chi connectivity index (χ3n) is 7.21. The molecule has 1 saturated carbocycles. The van der Waals surface area contributed by atoms with E-state index in [1.165, 1.54) is 29.5 Å². The predicted octanol–water partition coefficient (Wildman–Crippen LogP) is 5.12. The van der Waals surface area contributed by atoms with Gasteiger partial charge in [-0.2, -0.15) is 5.26 Å². The minimum absolute atomic E-state index is 0.0728. The van der Waals surface area contributed by atoms with Gasteiger partial charge in [-0.3, -0.25) is 4.79 Å². The quantitative estimate of drug-likeness (QED) is 0.417. The van der Waals surface area contributed by atoms with Crippen LogP contribution in [0.15, 0.2) is 42.5 Å². The fraction of sp³-hybridized carbons (Fsp3) is 0.357. The van der Waals surface area contributed by atoms with Crippen LogP contribution in [0.25, 0.3) is 21.6 Å². The van der Waals surface area contributed by atoms with Crippen molar-refractivity contribution in [3.05, 3.63) is 64.5 Å². The maximum atomic E-state index is 15.1. The number of nitrogens with two attached hydrogens (primary N) is 1. The number of nitriles is 1. The summed E-state index contributed by atoms with van der Waals surface area (Å²) in [7, 11) is 0. The highest BCUT2D eigenvalue weighted by molar-refractivity contribution is 7.18. The summed E-state index contributed by atoms with van der Waals surface area (Å²) in [5, 5.41) is 22.4. The van der Waals surface area contributed by atoms with Crippen LogP contribution in [0, 0.1) is 23.0 Å². The number of anilines is 1. The molecule has 6 nitrogen and oxygen atoms in total. The van der Waals surface area contributed by atoms with Crippen LogP contribution in [0.4, 0.5) is 14.5 Å². The summed E-state index contributed by atoms with van der Waals surface area (Å²) in [4.78, 5) is 16.1. The van der Waals surface area contributed by atoms with Crippen LogP contribution in [0.2, 0.25) is 0 Å². The Bertz CT molecular complexity index is 1380. The van der Waals surface area contributed by atoms with Gasteiger partial charge in [0.15, 0.2) is 0 Å². The lowest BCUT2D eigenvalue weighted by Gasteiger charge is -2.36. The van der Waals surface area contributed by atoms with Crippen molar-refractivity contribution >= 4 is 22.9 Å². The molecule has 5 rings (SSSR count). The van der Waals surface area contributed by atoms with E-state index in [2.05, 4.69) is 5.32 Å². The molecule has 192 valence electrons. The van der Waals surface area contributed by atoms with E-state index in [-0.39, 0.29) is 29.7 Å².